The summed E-state index contributed by atoms with van der Waals surface area (Å²) in [7, 11) is 0. The van der Waals surface area contributed by atoms with E-state index in [0.29, 0.717) is 30.2 Å². The number of rotatable bonds is 18. The number of ether oxygens (including phenoxy) is 7. The van der Waals surface area contributed by atoms with E-state index >= 15 is 0 Å². The zero-order valence-electron chi connectivity index (χ0n) is 40.8. The van der Waals surface area contributed by atoms with Crippen LogP contribution in [-0.2, 0) is 58.8 Å². The maximum atomic E-state index is 11.9. The number of hydrogen-bond acceptors (Lipinski definition) is 11. The number of halogens is 3. The Bertz CT molecular complexity index is 1930. The lowest BCUT2D eigenvalue weighted by Gasteiger charge is -2.22. The normalized spacial score (nSPS) is 15.3. The van der Waals surface area contributed by atoms with Crippen LogP contribution in [0.5, 0.6) is 0 Å². The monoisotopic (exact) mass is 1090 g/mol. The molecular weight excluding hydrogens is 1020 g/mol. The van der Waals surface area contributed by atoms with E-state index in [0.717, 1.165) is 84.0 Å². The first-order chi connectivity index (χ1) is 32.7. The highest BCUT2D eigenvalue weighted by Gasteiger charge is 2.15. The highest BCUT2D eigenvalue weighted by atomic mass is 79.9. The molecule has 0 saturated carbocycles. The van der Waals surface area contributed by atoms with Crippen molar-refractivity contribution in [2.24, 2.45) is 0 Å². The zero-order valence-corrected chi connectivity index (χ0v) is 44.8. The van der Waals surface area contributed by atoms with E-state index in [2.05, 4.69) is 50.1 Å². The maximum Gasteiger partial charge on any atom is 0.338 e. The first-order valence-corrected chi connectivity index (χ1v) is 25.8. The second-order valence-electron chi connectivity index (χ2n) is 16.7. The van der Waals surface area contributed by atoms with Gasteiger partial charge in [-0.25, -0.2) is 9.59 Å². The summed E-state index contributed by atoms with van der Waals surface area (Å²) < 4.78 is 39.7. The molecule has 2 unspecified atom stereocenters. The fourth-order valence-corrected chi connectivity index (χ4v) is 7.49. The second-order valence-corrected chi connectivity index (χ2v) is 18.7. The summed E-state index contributed by atoms with van der Waals surface area (Å²) in [5.41, 5.74) is 5.60. The number of alkyl halides is 1. The molecule has 2 fully saturated rings. The van der Waals surface area contributed by atoms with Crippen molar-refractivity contribution in [2.45, 2.75) is 137 Å². The molecule has 14 heteroatoms. The average Bonchev–Trinajstić information content (AvgIpc) is 3.31. The molecule has 2 atom stereocenters. The largest absolute Gasteiger partial charge is 0.459 e. The van der Waals surface area contributed by atoms with Gasteiger partial charge >= 0.3 is 11.9 Å². The molecule has 2 aliphatic heterocycles. The molecule has 2 aliphatic rings. The summed E-state index contributed by atoms with van der Waals surface area (Å²) in [6, 6.07) is 31.3. The van der Waals surface area contributed by atoms with Crippen LogP contribution in [0.3, 0.4) is 0 Å². The smallest absolute Gasteiger partial charge is 0.338 e. The van der Waals surface area contributed by atoms with E-state index in [9.17, 15) is 9.59 Å². The molecule has 4 aromatic rings. The number of aliphatic hydroxyl groups is 2. The fraction of sp³-hybridized carbons (Fsp3) is 0.519. The topological polar surface area (TPSA) is 139 Å². The number of hydrogen-bond donors (Lipinski definition) is 2. The molecule has 6 rings (SSSR count). The number of esters is 2. The first kappa shape index (κ1) is 60.9. The van der Waals surface area contributed by atoms with Crippen molar-refractivity contribution in [3.63, 3.8) is 0 Å². The minimum atomic E-state index is -0.315. The van der Waals surface area contributed by atoms with E-state index in [1.807, 2.05) is 96.1 Å². The lowest BCUT2D eigenvalue weighted by molar-refractivity contribution is -0.161. The summed E-state index contributed by atoms with van der Waals surface area (Å²) in [6.45, 7) is 14.5. The van der Waals surface area contributed by atoms with Gasteiger partial charge in [-0.2, -0.15) is 0 Å². The molecule has 68 heavy (non-hydrogen) atoms. The van der Waals surface area contributed by atoms with Gasteiger partial charge in [-0.05, 0) is 177 Å². The predicted octanol–water partition coefficient (Wildman–Crippen LogP) is 12.3. The number of carbonyl (C=O) groups is 2. The van der Waals surface area contributed by atoms with Gasteiger partial charge in [-0.3, -0.25) is 0 Å². The Hall–Kier alpha value is -3.21. The third-order valence-corrected chi connectivity index (χ3v) is 10.8. The Morgan fingerprint density at radius 3 is 1.28 bits per heavy atom. The highest BCUT2D eigenvalue weighted by molar-refractivity contribution is 9.10. The minimum Gasteiger partial charge on any atom is -0.459 e. The van der Waals surface area contributed by atoms with Gasteiger partial charge in [0.2, 0.25) is 0 Å². The SMILES string of the molecule is Brc1cccc(CCOC2CCCCO2)c1.CC(C)OC(=O)c1cccc(CCO)c1.CC(C)OC(=O)c1cccc(CCOC2CCCCO2)c1.CC(C)OCCl.OCCc1cccc(Br)c1. The van der Waals surface area contributed by atoms with E-state index < -0.39 is 0 Å². The van der Waals surface area contributed by atoms with Gasteiger partial charge in [-0.15, -0.1) is 0 Å². The van der Waals surface area contributed by atoms with E-state index in [-0.39, 0.29) is 56.0 Å². The van der Waals surface area contributed by atoms with Crippen LogP contribution in [-0.4, -0.2) is 98.8 Å². The van der Waals surface area contributed by atoms with Crippen molar-refractivity contribution < 1.29 is 53.0 Å². The van der Waals surface area contributed by atoms with Gasteiger partial charge in [-0.1, -0.05) is 92.0 Å². The fourth-order valence-electron chi connectivity index (χ4n) is 6.34. The number of aliphatic hydroxyl groups excluding tert-OH is 2. The van der Waals surface area contributed by atoms with Crippen LogP contribution >= 0.6 is 43.5 Å². The van der Waals surface area contributed by atoms with Crippen LogP contribution in [0.1, 0.15) is 123 Å². The maximum absolute atomic E-state index is 11.9. The molecule has 11 nitrogen and oxygen atoms in total. The quantitative estimate of drug-likeness (QED) is 0.0727. The Morgan fingerprint density at radius 1 is 0.574 bits per heavy atom. The molecule has 4 aromatic carbocycles. The van der Waals surface area contributed by atoms with Crippen molar-refractivity contribution in [1.29, 1.82) is 0 Å². The number of benzene rings is 4. The standard InChI is InChI=1S/C17H24O4.C13H17BrO2.C12H16O3.C8H9BrO.C4H9ClO/c1-13(2)21-17(18)15-7-5-6-14(12-15)9-11-20-16-8-3-4-10-19-16;14-12-5-3-4-11(10-12)7-9-16-13-6-1-2-8-15-13;1-9(2)15-12(14)11-5-3-4-10(8-11)6-7-13;9-8-3-1-2-7(6-8)4-5-10;1-4(2)6-3-5/h5-7,12-13,16H,3-4,8-11H2,1-2H3;3-5,10,13H,1-2,6-9H2;3-5,8-9,13H,6-7H2,1-2H3;1-3,6,10H,4-5H2;4H,3H2,1-2H3. The van der Waals surface area contributed by atoms with Gasteiger partial charge in [0.15, 0.2) is 12.6 Å². The summed E-state index contributed by atoms with van der Waals surface area (Å²) in [6.07, 6.45) is 9.72. The summed E-state index contributed by atoms with van der Waals surface area (Å²) in [4.78, 5) is 23.4. The lowest BCUT2D eigenvalue weighted by Crippen LogP contribution is -2.23. The summed E-state index contributed by atoms with van der Waals surface area (Å²) in [5.74, 6) is -0.590. The third kappa shape index (κ3) is 29.7. The molecule has 2 heterocycles. The molecular formula is C54H75Br2ClO11. The highest BCUT2D eigenvalue weighted by Crippen LogP contribution is 2.17. The van der Waals surface area contributed by atoms with Crippen molar-refractivity contribution in [3.8, 4) is 0 Å². The molecule has 2 N–H and O–H groups in total. The molecule has 0 amide bonds. The van der Waals surface area contributed by atoms with Gasteiger partial charge in [0.05, 0.1) is 42.7 Å². The zero-order chi connectivity index (χ0) is 49.9. The second kappa shape index (κ2) is 37.6. The molecule has 0 radical (unpaired) electrons. The van der Waals surface area contributed by atoms with Crippen molar-refractivity contribution in [3.05, 3.63) is 139 Å². The average molecular weight is 1100 g/mol. The Morgan fingerprint density at radius 2 is 0.956 bits per heavy atom. The molecule has 0 aliphatic carbocycles. The van der Waals surface area contributed by atoms with Gasteiger partial charge in [0.25, 0.3) is 0 Å². The third-order valence-electron chi connectivity index (χ3n) is 9.65. The van der Waals surface area contributed by atoms with Crippen LogP contribution in [0.2, 0.25) is 0 Å². The van der Waals surface area contributed by atoms with Crippen molar-refractivity contribution in [2.75, 3.05) is 45.7 Å². The molecule has 0 bridgehead atoms. The van der Waals surface area contributed by atoms with Crippen LogP contribution in [0, 0.1) is 0 Å². The van der Waals surface area contributed by atoms with Crippen LogP contribution < -0.4 is 0 Å². The van der Waals surface area contributed by atoms with Gasteiger partial charge in [0, 0.05) is 35.4 Å². The molecule has 2 saturated heterocycles. The molecule has 378 valence electrons. The minimum absolute atomic E-state index is 0.0286. The molecule has 0 spiro atoms. The summed E-state index contributed by atoms with van der Waals surface area (Å²) in [5, 5.41) is 17.4. The van der Waals surface area contributed by atoms with E-state index in [1.165, 1.54) is 24.8 Å². The number of carbonyl (C=O) groups excluding carboxylic acids is 2. The van der Waals surface area contributed by atoms with Gasteiger partial charge < -0.3 is 43.4 Å². The summed E-state index contributed by atoms with van der Waals surface area (Å²) >= 11 is 12.0. The van der Waals surface area contributed by atoms with Crippen molar-refractivity contribution in [1.82, 2.24) is 0 Å². The van der Waals surface area contributed by atoms with E-state index in [4.69, 9.17) is 55.0 Å². The van der Waals surface area contributed by atoms with Crippen molar-refractivity contribution >= 4 is 55.4 Å². The van der Waals surface area contributed by atoms with Gasteiger partial charge in [0.1, 0.15) is 6.07 Å². The first-order valence-electron chi connectivity index (χ1n) is 23.7. The Balaban J connectivity index is 0.000000306. The predicted molar refractivity (Wildman–Crippen MR) is 277 cm³/mol. The Kier molecular flexibility index (Phi) is 33.7. The van der Waals surface area contributed by atoms with Crippen LogP contribution in [0.4, 0.5) is 0 Å². The lowest BCUT2D eigenvalue weighted by atomic mass is 10.1. The Labute approximate surface area is 427 Å². The molecule has 0 aromatic heterocycles. The van der Waals surface area contributed by atoms with E-state index in [1.54, 1.807) is 24.3 Å². The van der Waals surface area contributed by atoms with Crippen LogP contribution in [0.25, 0.3) is 0 Å². The van der Waals surface area contributed by atoms with Crippen LogP contribution in [0.15, 0.2) is 106 Å².